The summed E-state index contributed by atoms with van der Waals surface area (Å²) in [6.45, 7) is 1.40. The van der Waals surface area contributed by atoms with Gasteiger partial charge in [-0.05, 0) is 13.0 Å². The molecule has 1 aromatic rings. The van der Waals surface area contributed by atoms with Gasteiger partial charge in [0.1, 0.15) is 0 Å². The molecule has 0 aliphatic heterocycles. The van der Waals surface area contributed by atoms with Crippen LogP contribution in [0.1, 0.15) is 6.92 Å². The van der Waals surface area contributed by atoms with Crippen LogP contribution >= 0.6 is 0 Å². The number of rotatable bonds is 4. The minimum Gasteiger partial charge on any atom is -0.480 e. The number of nitrogens with zero attached hydrogens (tertiary/aromatic N) is 2. The van der Waals surface area contributed by atoms with Gasteiger partial charge in [-0.2, -0.15) is 0 Å². The van der Waals surface area contributed by atoms with Crippen molar-refractivity contribution < 1.29 is 18.3 Å². The van der Waals surface area contributed by atoms with E-state index in [1.807, 2.05) is 0 Å². The van der Waals surface area contributed by atoms with Gasteiger partial charge in [0.15, 0.2) is 14.9 Å². The summed E-state index contributed by atoms with van der Waals surface area (Å²) in [6, 6.07) is 2.70. The summed E-state index contributed by atoms with van der Waals surface area (Å²) < 4.78 is 27.8. The Morgan fingerprint density at radius 3 is 2.53 bits per heavy atom. The molecule has 1 aromatic heterocycles. The maximum Gasteiger partial charge on any atom is 0.233 e. The maximum atomic E-state index is 11.5. The van der Waals surface area contributed by atoms with Crippen LogP contribution in [-0.4, -0.2) is 42.7 Å². The second-order valence-corrected chi connectivity index (χ2v) is 5.03. The van der Waals surface area contributed by atoms with Crippen molar-refractivity contribution in [2.24, 2.45) is 0 Å². The Morgan fingerprint density at radius 2 is 2.13 bits per heavy atom. The molecule has 6 nitrogen and oxygen atoms in total. The molecule has 0 saturated heterocycles. The topological polar surface area (TPSA) is 89.4 Å². The van der Waals surface area contributed by atoms with Crippen molar-refractivity contribution in [1.82, 2.24) is 10.2 Å². The summed E-state index contributed by atoms with van der Waals surface area (Å²) in [5, 5.41) is 15.9. The Labute approximate surface area is 87.8 Å². The second kappa shape index (κ2) is 4.54. The lowest BCUT2D eigenvalue weighted by molar-refractivity contribution is 0.218. The van der Waals surface area contributed by atoms with E-state index in [9.17, 15) is 8.42 Å². The van der Waals surface area contributed by atoms with Crippen molar-refractivity contribution in [3.63, 3.8) is 0 Å². The van der Waals surface area contributed by atoms with Gasteiger partial charge >= 0.3 is 0 Å². The average Bonchev–Trinajstić information content (AvgIpc) is 2.16. The number of aromatic nitrogens is 2. The lowest BCUT2D eigenvalue weighted by Crippen LogP contribution is -2.19. The highest BCUT2D eigenvalue weighted by Gasteiger charge is 2.19. The first-order chi connectivity index (χ1) is 6.95. The Balaban J connectivity index is 2.96. The fourth-order valence-electron chi connectivity index (χ4n) is 0.985. The van der Waals surface area contributed by atoms with Gasteiger partial charge in [-0.3, -0.25) is 0 Å². The van der Waals surface area contributed by atoms with E-state index in [0.717, 1.165) is 0 Å². The average molecular weight is 232 g/mol. The largest absolute Gasteiger partial charge is 0.480 e. The van der Waals surface area contributed by atoms with Crippen molar-refractivity contribution in [1.29, 1.82) is 0 Å². The quantitative estimate of drug-likeness (QED) is 0.762. The van der Waals surface area contributed by atoms with Crippen molar-refractivity contribution in [3.8, 4) is 5.88 Å². The highest BCUT2D eigenvalue weighted by Crippen LogP contribution is 2.11. The number of methoxy groups -OCH3 is 1. The van der Waals surface area contributed by atoms with Crippen LogP contribution in [0.5, 0.6) is 5.88 Å². The third-order valence-electron chi connectivity index (χ3n) is 1.60. The van der Waals surface area contributed by atoms with E-state index in [4.69, 9.17) is 9.84 Å². The molecule has 1 unspecified atom stereocenters. The molecule has 0 bridgehead atoms. The molecule has 0 radical (unpaired) electrons. The monoisotopic (exact) mass is 232 g/mol. The van der Waals surface area contributed by atoms with Crippen molar-refractivity contribution in [2.45, 2.75) is 18.1 Å². The summed E-state index contributed by atoms with van der Waals surface area (Å²) in [6.07, 6.45) is -0.932. The lowest BCUT2D eigenvalue weighted by Gasteiger charge is -2.05. The van der Waals surface area contributed by atoms with Gasteiger partial charge in [0.05, 0.1) is 19.0 Å². The van der Waals surface area contributed by atoms with Gasteiger partial charge in [-0.15, -0.1) is 10.2 Å². The minimum absolute atomic E-state index is 0.163. The molecule has 1 N–H and O–H groups in total. The number of aliphatic hydroxyl groups is 1. The number of sulfone groups is 1. The number of hydrogen-bond acceptors (Lipinski definition) is 6. The first kappa shape index (κ1) is 11.9. The Morgan fingerprint density at radius 1 is 1.47 bits per heavy atom. The van der Waals surface area contributed by atoms with Crippen LogP contribution < -0.4 is 4.74 Å². The first-order valence-electron chi connectivity index (χ1n) is 4.24. The van der Waals surface area contributed by atoms with Gasteiger partial charge in [0, 0.05) is 6.07 Å². The molecule has 15 heavy (non-hydrogen) atoms. The number of ether oxygens (including phenoxy) is 1. The Kier molecular flexibility index (Phi) is 3.59. The molecule has 0 aliphatic rings. The first-order valence-corrected chi connectivity index (χ1v) is 5.89. The van der Waals surface area contributed by atoms with E-state index < -0.39 is 15.9 Å². The van der Waals surface area contributed by atoms with Crippen LogP contribution in [0.25, 0.3) is 0 Å². The molecule has 1 rings (SSSR count). The molecule has 0 saturated carbocycles. The van der Waals surface area contributed by atoms with E-state index >= 15 is 0 Å². The fraction of sp³-hybridized carbons (Fsp3) is 0.500. The normalized spacial score (nSPS) is 13.5. The summed E-state index contributed by atoms with van der Waals surface area (Å²) in [5.41, 5.74) is 0. The summed E-state index contributed by atoms with van der Waals surface area (Å²) in [5.74, 6) is -0.125. The zero-order valence-corrected chi connectivity index (χ0v) is 9.23. The molecule has 1 atom stereocenters. The van der Waals surface area contributed by atoms with Crippen molar-refractivity contribution in [2.75, 3.05) is 12.9 Å². The van der Waals surface area contributed by atoms with Crippen LogP contribution in [0.2, 0.25) is 0 Å². The van der Waals surface area contributed by atoms with Crippen LogP contribution in [0, 0.1) is 0 Å². The van der Waals surface area contributed by atoms with Gasteiger partial charge in [0.2, 0.25) is 5.88 Å². The summed E-state index contributed by atoms with van der Waals surface area (Å²) in [4.78, 5) is 0. The van der Waals surface area contributed by atoms with Crippen LogP contribution in [0.15, 0.2) is 17.2 Å². The molecule has 7 heteroatoms. The minimum atomic E-state index is -3.56. The predicted octanol–water partition coefficient (Wildman–Crippen LogP) is -0.360. The highest BCUT2D eigenvalue weighted by atomic mass is 32.2. The van der Waals surface area contributed by atoms with Crippen LogP contribution in [0.3, 0.4) is 0 Å². The summed E-state index contributed by atoms with van der Waals surface area (Å²) >= 11 is 0. The molecular weight excluding hydrogens is 220 g/mol. The smallest absolute Gasteiger partial charge is 0.233 e. The molecule has 1 heterocycles. The standard InChI is InChI=1S/C8H12N2O4S/c1-6(11)5-15(12,13)8-4-3-7(14-2)9-10-8/h3-4,6,11H,5H2,1-2H3. The van der Waals surface area contributed by atoms with E-state index in [1.165, 1.54) is 26.2 Å². The van der Waals surface area contributed by atoms with Crippen LogP contribution in [0.4, 0.5) is 0 Å². The number of aliphatic hydroxyl groups excluding tert-OH is 1. The second-order valence-electron chi connectivity index (χ2n) is 3.04. The molecule has 0 aliphatic carbocycles. The third-order valence-corrected chi connectivity index (χ3v) is 3.38. The van der Waals surface area contributed by atoms with Gasteiger partial charge in [-0.25, -0.2) is 8.42 Å². The zero-order chi connectivity index (χ0) is 11.5. The zero-order valence-electron chi connectivity index (χ0n) is 8.41. The molecule has 0 aromatic carbocycles. The Bertz CT molecular complexity index is 413. The molecule has 0 spiro atoms. The van der Waals surface area contributed by atoms with Crippen molar-refractivity contribution >= 4 is 9.84 Å². The highest BCUT2D eigenvalue weighted by molar-refractivity contribution is 7.91. The maximum absolute atomic E-state index is 11.5. The van der Waals surface area contributed by atoms with Crippen LogP contribution in [-0.2, 0) is 9.84 Å². The number of hydrogen-bond donors (Lipinski definition) is 1. The fourth-order valence-corrected chi connectivity index (χ4v) is 2.23. The lowest BCUT2D eigenvalue weighted by atomic mass is 10.5. The SMILES string of the molecule is COc1ccc(S(=O)(=O)CC(C)O)nn1. The molecule has 0 fully saturated rings. The third kappa shape index (κ3) is 3.14. The molecular formula is C8H12N2O4S. The summed E-state index contributed by atoms with van der Waals surface area (Å²) in [7, 11) is -2.15. The van der Waals surface area contributed by atoms with Gasteiger partial charge in [-0.1, -0.05) is 0 Å². The van der Waals surface area contributed by atoms with E-state index in [1.54, 1.807) is 0 Å². The van der Waals surface area contributed by atoms with E-state index in [0.29, 0.717) is 0 Å². The van der Waals surface area contributed by atoms with Gasteiger partial charge in [0.25, 0.3) is 0 Å². The van der Waals surface area contributed by atoms with Crippen molar-refractivity contribution in [3.05, 3.63) is 12.1 Å². The van der Waals surface area contributed by atoms with E-state index in [2.05, 4.69) is 10.2 Å². The van der Waals surface area contributed by atoms with Gasteiger partial charge < -0.3 is 9.84 Å². The predicted molar refractivity (Wildman–Crippen MR) is 52.3 cm³/mol. The Hall–Kier alpha value is -1.21. The molecule has 84 valence electrons. The van der Waals surface area contributed by atoms with E-state index in [-0.39, 0.29) is 16.7 Å². The molecule has 0 amide bonds.